The fourth-order valence-corrected chi connectivity index (χ4v) is 3.07. The first-order valence-electron chi connectivity index (χ1n) is 3.94. The summed E-state index contributed by atoms with van der Waals surface area (Å²) in [5, 5.41) is 3.43. The van der Waals surface area contributed by atoms with Crippen LogP contribution in [0, 0.1) is 6.92 Å². The van der Waals surface area contributed by atoms with E-state index in [0.29, 0.717) is 0 Å². The second-order valence-electron chi connectivity index (χ2n) is 2.88. The Kier molecular flexibility index (Phi) is 2.30. The van der Waals surface area contributed by atoms with Crippen molar-refractivity contribution in [2.45, 2.75) is 6.92 Å². The second-order valence-corrected chi connectivity index (χ2v) is 4.61. The van der Waals surface area contributed by atoms with Crippen molar-refractivity contribution in [1.29, 1.82) is 0 Å². The highest BCUT2D eigenvalue weighted by molar-refractivity contribution is 9.10. The quantitative estimate of drug-likeness (QED) is 0.750. The van der Waals surface area contributed by atoms with E-state index in [4.69, 9.17) is 4.74 Å². The van der Waals surface area contributed by atoms with E-state index >= 15 is 0 Å². The van der Waals surface area contributed by atoms with Gasteiger partial charge in [0.2, 0.25) is 0 Å². The van der Waals surface area contributed by atoms with E-state index in [-0.39, 0.29) is 0 Å². The van der Waals surface area contributed by atoms with Gasteiger partial charge in [-0.25, -0.2) is 0 Å². The summed E-state index contributed by atoms with van der Waals surface area (Å²) in [6.45, 7) is 2.12. The molecule has 0 radical (unpaired) electrons. The standard InChI is InChI=1S/C10H9BrOS/c1-6-5-13-10-7(6)3-4-8(11)9(10)12-2/h3-5H,1-2H3. The van der Waals surface area contributed by atoms with Gasteiger partial charge in [0.15, 0.2) is 5.75 Å². The first kappa shape index (κ1) is 9.03. The lowest BCUT2D eigenvalue weighted by Gasteiger charge is -2.03. The van der Waals surface area contributed by atoms with Gasteiger partial charge in [-0.1, -0.05) is 6.07 Å². The van der Waals surface area contributed by atoms with Crippen LogP contribution in [-0.4, -0.2) is 7.11 Å². The van der Waals surface area contributed by atoms with E-state index in [0.717, 1.165) is 10.2 Å². The van der Waals surface area contributed by atoms with Crippen molar-refractivity contribution in [3.8, 4) is 5.75 Å². The van der Waals surface area contributed by atoms with Crippen LogP contribution in [0.25, 0.3) is 10.1 Å². The van der Waals surface area contributed by atoms with Gasteiger partial charge in [-0.2, -0.15) is 0 Å². The Morgan fingerprint density at radius 3 is 2.85 bits per heavy atom. The van der Waals surface area contributed by atoms with Crippen LogP contribution in [0.4, 0.5) is 0 Å². The Morgan fingerprint density at radius 2 is 2.15 bits per heavy atom. The van der Waals surface area contributed by atoms with E-state index in [1.54, 1.807) is 18.4 Å². The number of hydrogen-bond acceptors (Lipinski definition) is 2. The number of halogens is 1. The molecule has 1 aromatic heterocycles. The van der Waals surface area contributed by atoms with Gasteiger partial charge >= 0.3 is 0 Å². The largest absolute Gasteiger partial charge is 0.494 e. The van der Waals surface area contributed by atoms with Crippen LogP contribution in [0.1, 0.15) is 5.56 Å². The van der Waals surface area contributed by atoms with E-state index in [2.05, 4.69) is 34.3 Å². The average molecular weight is 257 g/mol. The molecule has 0 aliphatic rings. The molecule has 1 nitrogen and oxygen atoms in total. The summed E-state index contributed by atoms with van der Waals surface area (Å²) in [4.78, 5) is 0. The van der Waals surface area contributed by atoms with Crippen LogP contribution in [0.3, 0.4) is 0 Å². The molecule has 1 heterocycles. The van der Waals surface area contributed by atoms with E-state index in [1.807, 2.05) is 6.07 Å². The van der Waals surface area contributed by atoms with E-state index < -0.39 is 0 Å². The van der Waals surface area contributed by atoms with Crippen molar-refractivity contribution in [2.24, 2.45) is 0 Å². The molecule has 2 rings (SSSR count). The zero-order chi connectivity index (χ0) is 9.42. The Hall–Kier alpha value is -0.540. The van der Waals surface area contributed by atoms with Crippen molar-refractivity contribution in [3.05, 3.63) is 27.5 Å². The number of methoxy groups -OCH3 is 1. The minimum atomic E-state index is 0.940. The predicted molar refractivity (Wildman–Crippen MR) is 60.8 cm³/mol. The van der Waals surface area contributed by atoms with Gasteiger partial charge in [0.25, 0.3) is 0 Å². The third kappa shape index (κ3) is 1.36. The zero-order valence-electron chi connectivity index (χ0n) is 7.43. The molecular weight excluding hydrogens is 248 g/mol. The van der Waals surface area contributed by atoms with Crippen LogP contribution < -0.4 is 4.74 Å². The maximum Gasteiger partial charge on any atom is 0.150 e. The summed E-state index contributed by atoms with van der Waals surface area (Å²) in [6.07, 6.45) is 0. The average Bonchev–Trinajstić information content (AvgIpc) is 2.48. The summed E-state index contributed by atoms with van der Waals surface area (Å²) in [5.74, 6) is 0.940. The molecule has 0 spiro atoms. The van der Waals surface area contributed by atoms with Crippen molar-refractivity contribution >= 4 is 37.4 Å². The maximum absolute atomic E-state index is 5.34. The van der Waals surface area contributed by atoms with Crippen LogP contribution in [0.15, 0.2) is 22.0 Å². The molecule has 0 saturated heterocycles. The maximum atomic E-state index is 5.34. The van der Waals surface area contributed by atoms with Crippen LogP contribution in [0.2, 0.25) is 0 Å². The van der Waals surface area contributed by atoms with Gasteiger partial charge in [-0.15, -0.1) is 11.3 Å². The molecule has 0 fully saturated rings. The minimum Gasteiger partial charge on any atom is -0.494 e. The molecule has 0 aliphatic carbocycles. The Morgan fingerprint density at radius 1 is 1.38 bits per heavy atom. The number of fused-ring (bicyclic) bond motifs is 1. The van der Waals surface area contributed by atoms with Gasteiger partial charge in [0.05, 0.1) is 16.3 Å². The first-order chi connectivity index (χ1) is 6.24. The third-order valence-electron chi connectivity index (χ3n) is 2.05. The first-order valence-corrected chi connectivity index (χ1v) is 5.61. The smallest absolute Gasteiger partial charge is 0.150 e. The van der Waals surface area contributed by atoms with Crippen LogP contribution >= 0.6 is 27.3 Å². The normalized spacial score (nSPS) is 10.7. The lowest BCUT2D eigenvalue weighted by atomic mass is 10.2. The molecule has 3 heteroatoms. The van der Waals surface area contributed by atoms with Crippen LogP contribution in [-0.2, 0) is 0 Å². The SMILES string of the molecule is COc1c(Br)ccc2c(C)csc12. The van der Waals surface area contributed by atoms with Gasteiger partial charge in [0.1, 0.15) is 0 Å². The molecule has 0 N–H and O–H groups in total. The number of thiophene rings is 1. The summed E-state index contributed by atoms with van der Waals surface area (Å²) >= 11 is 5.19. The van der Waals surface area contributed by atoms with Gasteiger partial charge in [0, 0.05) is 0 Å². The van der Waals surface area contributed by atoms with Crippen molar-refractivity contribution in [3.63, 3.8) is 0 Å². The second kappa shape index (κ2) is 3.31. The fourth-order valence-electron chi connectivity index (χ4n) is 1.37. The van der Waals surface area contributed by atoms with Gasteiger partial charge in [-0.05, 0) is 45.2 Å². The number of aryl methyl sites for hydroxylation is 1. The van der Waals surface area contributed by atoms with E-state index in [9.17, 15) is 0 Å². The summed E-state index contributed by atoms with van der Waals surface area (Å²) in [7, 11) is 1.70. The number of rotatable bonds is 1. The topological polar surface area (TPSA) is 9.23 Å². The predicted octanol–water partition coefficient (Wildman–Crippen LogP) is 3.98. The molecule has 0 bridgehead atoms. The highest BCUT2D eigenvalue weighted by Gasteiger charge is 2.08. The third-order valence-corrected chi connectivity index (χ3v) is 3.78. The summed E-state index contributed by atoms with van der Waals surface area (Å²) < 4.78 is 7.57. The van der Waals surface area contributed by atoms with Gasteiger partial charge in [-0.3, -0.25) is 0 Å². The summed E-state index contributed by atoms with van der Waals surface area (Å²) in [6, 6.07) is 4.15. The number of hydrogen-bond donors (Lipinski definition) is 0. The Labute approximate surface area is 89.5 Å². The lowest BCUT2D eigenvalue weighted by molar-refractivity contribution is 0.418. The van der Waals surface area contributed by atoms with Crippen molar-refractivity contribution in [1.82, 2.24) is 0 Å². The zero-order valence-corrected chi connectivity index (χ0v) is 9.83. The molecule has 13 heavy (non-hydrogen) atoms. The molecule has 0 aliphatic heterocycles. The molecule has 1 aromatic carbocycles. The number of benzene rings is 1. The molecule has 0 saturated carbocycles. The monoisotopic (exact) mass is 256 g/mol. The van der Waals surface area contributed by atoms with E-state index in [1.165, 1.54) is 15.6 Å². The van der Waals surface area contributed by atoms with Crippen molar-refractivity contribution < 1.29 is 4.74 Å². The molecule has 0 amide bonds. The highest BCUT2D eigenvalue weighted by Crippen LogP contribution is 2.38. The van der Waals surface area contributed by atoms with Gasteiger partial charge < -0.3 is 4.74 Å². The van der Waals surface area contributed by atoms with Crippen molar-refractivity contribution in [2.75, 3.05) is 7.11 Å². The lowest BCUT2D eigenvalue weighted by Crippen LogP contribution is -1.83. The molecule has 68 valence electrons. The Bertz CT molecular complexity index is 447. The number of ether oxygens (including phenoxy) is 1. The highest BCUT2D eigenvalue weighted by atomic mass is 79.9. The van der Waals surface area contributed by atoms with Crippen LogP contribution in [0.5, 0.6) is 5.75 Å². The molecule has 0 atom stereocenters. The summed E-state index contributed by atoms with van der Waals surface area (Å²) in [5.41, 5.74) is 1.31. The minimum absolute atomic E-state index is 0.940. The molecule has 0 unspecified atom stereocenters. The molecule has 2 aromatic rings. The Balaban J connectivity index is 2.85. The fraction of sp³-hybridized carbons (Fsp3) is 0.200. The molecular formula is C10H9BrOS.